The smallest absolute Gasteiger partial charge is 0.325 e. The van der Waals surface area contributed by atoms with Gasteiger partial charge in [-0.3, -0.25) is 14.5 Å². The number of imide groups is 1. The van der Waals surface area contributed by atoms with E-state index in [1.807, 2.05) is 13.8 Å². The van der Waals surface area contributed by atoms with Crippen LogP contribution < -0.4 is 10.6 Å². The predicted octanol–water partition coefficient (Wildman–Crippen LogP) is -0.158. The van der Waals surface area contributed by atoms with Crippen LogP contribution >= 0.6 is 0 Å². The van der Waals surface area contributed by atoms with E-state index in [1.54, 1.807) is 13.8 Å². The van der Waals surface area contributed by atoms with Gasteiger partial charge in [-0.1, -0.05) is 13.8 Å². The maximum Gasteiger partial charge on any atom is 0.325 e. The third kappa shape index (κ3) is 3.93. The quantitative estimate of drug-likeness (QED) is 0.591. The molecule has 0 radical (unpaired) electrons. The summed E-state index contributed by atoms with van der Waals surface area (Å²) in [5.41, 5.74) is -1.30. The summed E-state index contributed by atoms with van der Waals surface area (Å²) in [5, 5.41) is 14.3. The zero-order valence-corrected chi connectivity index (χ0v) is 12.4. The summed E-state index contributed by atoms with van der Waals surface area (Å²) in [6, 6.07) is -0.469. The van der Waals surface area contributed by atoms with Crippen molar-refractivity contribution < 1.29 is 19.5 Å². The SMILES string of the molecule is CC(C)(CO)CNC(=O)CCN1C(=O)NC(C)(C)C1=O. The van der Waals surface area contributed by atoms with Crippen LogP contribution in [0.3, 0.4) is 0 Å². The van der Waals surface area contributed by atoms with E-state index in [0.717, 1.165) is 4.90 Å². The molecule has 1 aliphatic heterocycles. The van der Waals surface area contributed by atoms with Gasteiger partial charge in [-0.25, -0.2) is 4.79 Å². The molecule has 0 aromatic heterocycles. The molecule has 3 N–H and O–H groups in total. The summed E-state index contributed by atoms with van der Waals surface area (Å²) in [4.78, 5) is 36.2. The highest BCUT2D eigenvalue weighted by Crippen LogP contribution is 2.16. The van der Waals surface area contributed by atoms with Crippen LogP contribution in [0.2, 0.25) is 0 Å². The Balaban J connectivity index is 2.42. The fourth-order valence-corrected chi connectivity index (χ4v) is 1.72. The van der Waals surface area contributed by atoms with Crippen LogP contribution in [0.25, 0.3) is 0 Å². The van der Waals surface area contributed by atoms with Gasteiger partial charge in [-0.05, 0) is 13.8 Å². The summed E-state index contributed by atoms with van der Waals surface area (Å²) in [6.07, 6.45) is 0.0523. The van der Waals surface area contributed by atoms with Gasteiger partial charge in [0.25, 0.3) is 5.91 Å². The maximum absolute atomic E-state index is 11.9. The van der Waals surface area contributed by atoms with Gasteiger partial charge >= 0.3 is 6.03 Å². The number of hydrogen-bond acceptors (Lipinski definition) is 4. The van der Waals surface area contributed by atoms with Crippen molar-refractivity contribution in [3.63, 3.8) is 0 Å². The molecule has 20 heavy (non-hydrogen) atoms. The van der Waals surface area contributed by atoms with Crippen molar-refractivity contribution in [3.8, 4) is 0 Å². The summed E-state index contributed by atoms with van der Waals surface area (Å²) < 4.78 is 0. The molecule has 114 valence electrons. The first-order valence-corrected chi connectivity index (χ1v) is 6.61. The number of carbonyl (C=O) groups excluding carboxylic acids is 3. The molecule has 0 bridgehead atoms. The fourth-order valence-electron chi connectivity index (χ4n) is 1.72. The Labute approximate surface area is 118 Å². The molecule has 0 saturated carbocycles. The van der Waals surface area contributed by atoms with Gasteiger partial charge in [0, 0.05) is 31.5 Å². The van der Waals surface area contributed by atoms with E-state index in [9.17, 15) is 14.4 Å². The van der Waals surface area contributed by atoms with E-state index >= 15 is 0 Å². The van der Waals surface area contributed by atoms with Crippen LogP contribution in [-0.2, 0) is 9.59 Å². The maximum atomic E-state index is 11.9. The number of nitrogens with zero attached hydrogens (tertiary/aromatic N) is 1. The Bertz CT molecular complexity index is 418. The van der Waals surface area contributed by atoms with Gasteiger partial charge in [0.15, 0.2) is 0 Å². The molecule has 1 heterocycles. The second-order valence-electron chi connectivity index (χ2n) is 6.36. The predicted molar refractivity (Wildman–Crippen MR) is 72.8 cm³/mol. The molecule has 4 amide bonds. The Morgan fingerprint density at radius 2 is 2.00 bits per heavy atom. The van der Waals surface area contributed by atoms with E-state index in [0.29, 0.717) is 6.54 Å². The average molecular weight is 285 g/mol. The first-order chi connectivity index (χ1) is 9.09. The minimum absolute atomic E-state index is 0.0332. The number of amides is 4. The van der Waals surface area contributed by atoms with Crippen molar-refractivity contribution in [2.24, 2.45) is 5.41 Å². The van der Waals surface area contributed by atoms with E-state index in [-0.39, 0.29) is 31.4 Å². The second-order valence-corrected chi connectivity index (χ2v) is 6.36. The van der Waals surface area contributed by atoms with E-state index in [2.05, 4.69) is 10.6 Å². The van der Waals surface area contributed by atoms with Crippen LogP contribution in [0, 0.1) is 5.41 Å². The van der Waals surface area contributed by atoms with Crippen LogP contribution in [0.1, 0.15) is 34.1 Å². The Kier molecular flexibility index (Phi) is 4.75. The van der Waals surface area contributed by atoms with Gasteiger partial charge < -0.3 is 15.7 Å². The van der Waals surface area contributed by atoms with Crippen LogP contribution in [0.5, 0.6) is 0 Å². The molecule has 0 spiro atoms. The van der Waals surface area contributed by atoms with Crippen molar-refractivity contribution in [3.05, 3.63) is 0 Å². The van der Waals surface area contributed by atoms with Crippen molar-refractivity contribution >= 4 is 17.8 Å². The highest BCUT2D eigenvalue weighted by Gasteiger charge is 2.43. The number of urea groups is 1. The number of hydrogen-bond donors (Lipinski definition) is 3. The Hall–Kier alpha value is -1.63. The molecule has 1 fully saturated rings. The summed E-state index contributed by atoms with van der Waals surface area (Å²) in [6.45, 7) is 7.26. The molecule has 0 unspecified atom stereocenters. The largest absolute Gasteiger partial charge is 0.396 e. The Morgan fingerprint density at radius 3 is 2.45 bits per heavy atom. The van der Waals surface area contributed by atoms with E-state index < -0.39 is 17.0 Å². The molecule has 0 aromatic rings. The van der Waals surface area contributed by atoms with Crippen molar-refractivity contribution in [2.75, 3.05) is 19.7 Å². The van der Waals surface area contributed by atoms with Crippen molar-refractivity contribution in [1.29, 1.82) is 0 Å². The first kappa shape index (κ1) is 16.4. The first-order valence-electron chi connectivity index (χ1n) is 6.61. The lowest BCUT2D eigenvalue weighted by atomic mass is 9.95. The third-order valence-corrected chi connectivity index (χ3v) is 3.20. The topological polar surface area (TPSA) is 98.7 Å². The van der Waals surface area contributed by atoms with Crippen molar-refractivity contribution in [1.82, 2.24) is 15.5 Å². The number of carbonyl (C=O) groups is 3. The fraction of sp³-hybridized carbons (Fsp3) is 0.769. The lowest BCUT2D eigenvalue weighted by molar-refractivity contribution is -0.130. The summed E-state index contributed by atoms with van der Waals surface area (Å²) in [5.74, 6) is -0.581. The lowest BCUT2D eigenvalue weighted by Gasteiger charge is -2.22. The molecule has 7 nitrogen and oxygen atoms in total. The minimum Gasteiger partial charge on any atom is -0.396 e. The molecule has 0 atom stereocenters. The Morgan fingerprint density at radius 1 is 1.40 bits per heavy atom. The summed E-state index contributed by atoms with van der Waals surface area (Å²) in [7, 11) is 0. The summed E-state index contributed by atoms with van der Waals surface area (Å²) >= 11 is 0. The molecule has 1 saturated heterocycles. The number of nitrogens with one attached hydrogen (secondary N) is 2. The molecule has 1 aliphatic rings. The molecular weight excluding hydrogens is 262 g/mol. The molecule has 1 rings (SSSR count). The van der Waals surface area contributed by atoms with Gasteiger partial charge in [-0.15, -0.1) is 0 Å². The van der Waals surface area contributed by atoms with Gasteiger partial charge in [0.1, 0.15) is 5.54 Å². The highest BCUT2D eigenvalue weighted by molar-refractivity contribution is 6.06. The normalized spacial score (nSPS) is 18.1. The molecule has 0 aliphatic carbocycles. The van der Waals surface area contributed by atoms with Gasteiger partial charge in [0.05, 0.1) is 0 Å². The van der Waals surface area contributed by atoms with Gasteiger partial charge in [-0.2, -0.15) is 0 Å². The monoisotopic (exact) mass is 285 g/mol. The second kappa shape index (κ2) is 5.78. The minimum atomic E-state index is -0.910. The van der Waals surface area contributed by atoms with E-state index in [1.165, 1.54) is 0 Å². The highest BCUT2D eigenvalue weighted by atomic mass is 16.3. The van der Waals surface area contributed by atoms with Crippen LogP contribution in [0.15, 0.2) is 0 Å². The number of aliphatic hydroxyl groups is 1. The van der Waals surface area contributed by atoms with Gasteiger partial charge in [0.2, 0.25) is 5.91 Å². The standard InChI is InChI=1S/C13H23N3O4/c1-12(2,8-17)7-14-9(18)5-6-16-10(19)13(3,4)15-11(16)20/h17H,5-8H2,1-4H3,(H,14,18)(H,15,20). The molecular formula is C13H23N3O4. The zero-order chi connectivity index (χ0) is 15.6. The van der Waals surface area contributed by atoms with Crippen molar-refractivity contribution in [2.45, 2.75) is 39.7 Å². The van der Waals surface area contributed by atoms with Crippen LogP contribution in [0.4, 0.5) is 4.79 Å². The third-order valence-electron chi connectivity index (χ3n) is 3.20. The molecule has 7 heteroatoms. The van der Waals surface area contributed by atoms with E-state index in [4.69, 9.17) is 5.11 Å². The lowest BCUT2D eigenvalue weighted by Crippen LogP contribution is -2.41. The van der Waals surface area contributed by atoms with Crippen LogP contribution in [-0.4, -0.2) is 53.1 Å². The number of aliphatic hydroxyl groups excluding tert-OH is 1. The number of rotatable bonds is 6. The molecule has 0 aromatic carbocycles. The zero-order valence-electron chi connectivity index (χ0n) is 12.4. The average Bonchev–Trinajstić information content (AvgIpc) is 2.54.